The van der Waals surface area contributed by atoms with Gasteiger partial charge in [0.25, 0.3) is 5.91 Å². The number of ketones is 1. The number of ether oxygens (including phenoxy) is 2. The fourth-order valence-electron chi connectivity index (χ4n) is 3.42. The number of hydrogen-bond acceptors (Lipinski definition) is 7. The summed E-state index contributed by atoms with van der Waals surface area (Å²) in [5.74, 6) is -1.38. The van der Waals surface area contributed by atoms with Crippen molar-refractivity contribution >= 4 is 23.0 Å². The fourth-order valence-corrected chi connectivity index (χ4v) is 4.10. The molecule has 1 atom stereocenters. The number of aliphatic hydroxyl groups is 1. The number of carbonyl (C=O) groups is 2. The lowest BCUT2D eigenvalue weighted by molar-refractivity contribution is -0.129. The van der Waals surface area contributed by atoms with E-state index in [-0.39, 0.29) is 23.2 Å². The minimum absolute atomic E-state index is 0.0278. The van der Waals surface area contributed by atoms with E-state index in [1.807, 2.05) is 13.8 Å². The molecule has 0 saturated heterocycles. The quantitative estimate of drug-likeness (QED) is 0.462. The van der Waals surface area contributed by atoms with Crippen LogP contribution in [-0.2, 0) is 9.53 Å². The van der Waals surface area contributed by atoms with E-state index in [1.54, 1.807) is 29.6 Å². The summed E-state index contributed by atoms with van der Waals surface area (Å²) in [6.45, 7) is 4.60. The Kier molecular flexibility index (Phi) is 6.79. The lowest BCUT2D eigenvalue weighted by Gasteiger charge is -2.27. The molecular weight excluding hydrogens is 406 g/mol. The molecule has 0 bridgehead atoms. The number of Topliss-reactive ketones (excluding diaryl/α,β-unsaturated/α-hetero) is 1. The number of phenolic OH excluding ortho intramolecular Hbond substituents is 1. The number of nitrogens with zero attached hydrogens (tertiary/aromatic N) is 1. The third kappa shape index (κ3) is 4.34. The first-order chi connectivity index (χ1) is 14.3. The summed E-state index contributed by atoms with van der Waals surface area (Å²) in [5, 5.41) is 22.3. The highest BCUT2D eigenvalue weighted by Gasteiger charge is 2.43. The van der Waals surface area contributed by atoms with Gasteiger partial charge in [0.05, 0.1) is 29.7 Å². The van der Waals surface area contributed by atoms with E-state index < -0.39 is 23.5 Å². The molecule has 3 rings (SSSR count). The van der Waals surface area contributed by atoms with Crippen molar-refractivity contribution in [2.45, 2.75) is 32.4 Å². The highest BCUT2D eigenvalue weighted by Crippen LogP contribution is 2.41. The lowest BCUT2D eigenvalue weighted by atomic mass is 9.95. The molecule has 1 aromatic carbocycles. The van der Waals surface area contributed by atoms with Crippen molar-refractivity contribution in [3.8, 4) is 11.5 Å². The lowest BCUT2D eigenvalue weighted by Crippen LogP contribution is -2.32. The molecule has 7 nitrogen and oxygen atoms in total. The molecule has 0 fully saturated rings. The van der Waals surface area contributed by atoms with Crippen LogP contribution in [0.3, 0.4) is 0 Å². The first-order valence-electron chi connectivity index (χ1n) is 9.66. The Bertz CT molecular complexity index is 951. The van der Waals surface area contributed by atoms with Crippen molar-refractivity contribution in [3.05, 3.63) is 57.5 Å². The molecule has 0 radical (unpaired) electrons. The second-order valence-electron chi connectivity index (χ2n) is 7.17. The number of aromatic hydroxyl groups is 1. The van der Waals surface area contributed by atoms with Gasteiger partial charge in [-0.15, -0.1) is 11.3 Å². The molecule has 1 aromatic heterocycles. The van der Waals surface area contributed by atoms with Crippen molar-refractivity contribution < 1.29 is 29.3 Å². The normalized spacial score (nSPS) is 16.6. The number of carbonyl (C=O) groups excluding carboxylic acids is 2. The summed E-state index contributed by atoms with van der Waals surface area (Å²) in [6, 6.07) is 7.25. The largest absolute Gasteiger partial charge is 0.504 e. The Morgan fingerprint density at radius 2 is 2.03 bits per heavy atom. The Hall–Kier alpha value is -2.84. The van der Waals surface area contributed by atoms with E-state index in [4.69, 9.17) is 9.47 Å². The Morgan fingerprint density at radius 3 is 2.67 bits per heavy atom. The maximum atomic E-state index is 13.1. The highest BCUT2D eigenvalue weighted by atomic mass is 32.1. The Balaban J connectivity index is 1.99. The minimum Gasteiger partial charge on any atom is -0.504 e. The van der Waals surface area contributed by atoms with Crippen LogP contribution < -0.4 is 4.74 Å². The zero-order chi connectivity index (χ0) is 21.8. The number of benzene rings is 1. The van der Waals surface area contributed by atoms with E-state index in [0.717, 1.165) is 0 Å². The van der Waals surface area contributed by atoms with Gasteiger partial charge in [-0.3, -0.25) is 9.59 Å². The second kappa shape index (κ2) is 9.32. The van der Waals surface area contributed by atoms with Gasteiger partial charge >= 0.3 is 0 Å². The van der Waals surface area contributed by atoms with E-state index in [0.29, 0.717) is 30.0 Å². The SMILES string of the molecule is COc1cc([C@H]2C(C(=O)c3cccs3)=C(O)C(=O)N2CCCOC(C)C)ccc1O. The topological polar surface area (TPSA) is 96.3 Å². The summed E-state index contributed by atoms with van der Waals surface area (Å²) in [5.41, 5.74) is 0.590. The van der Waals surface area contributed by atoms with Gasteiger partial charge < -0.3 is 24.6 Å². The number of rotatable bonds is 9. The molecule has 0 spiro atoms. The van der Waals surface area contributed by atoms with E-state index in [2.05, 4.69) is 0 Å². The number of aliphatic hydroxyl groups excluding tert-OH is 1. The first kappa shape index (κ1) is 21.9. The summed E-state index contributed by atoms with van der Waals surface area (Å²) in [4.78, 5) is 27.9. The van der Waals surface area contributed by atoms with Crippen LogP contribution in [0.2, 0.25) is 0 Å². The maximum Gasteiger partial charge on any atom is 0.290 e. The molecule has 160 valence electrons. The van der Waals surface area contributed by atoms with Gasteiger partial charge in [-0.25, -0.2) is 0 Å². The van der Waals surface area contributed by atoms with Crippen LogP contribution in [0.25, 0.3) is 0 Å². The molecule has 30 heavy (non-hydrogen) atoms. The van der Waals surface area contributed by atoms with Gasteiger partial charge in [0.15, 0.2) is 17.3 Å². The average molecular weight is 432 g/mol. The average Bonchev–Trinajstić information content (AvgIpc) is 3.34. The van der Waals surface area contributed by atoms with Crippen LogP contribution in [0.4, 0.5) is 0 Å². The number of phenols is 1. The molecule has 8 heteroatoms. The monoisotopic (exact) mass is 431 g/mol. The molecule has 1 aliphatic heterocycles. The van der Waals surface area contributed by atoms with Crippen molar-refractivity contribution in [2.24, 2.45) is 0 Å². The summed E-state index contributed by atoms with van der Waals surface area (Å²) in [6.07, 6.45) is 0.613. The van der Waals surface area contributed by atoms with Gasteiger partial charge in [0.1, 0.15) is 0 Å². The zero-order valence-corrected chi connectivity index (χ0v) is 17.9. The molecule has 0 unspecified atom stereocenters. The van der Waals surface area contributed by atoms with Gasteiger partial charge in [0.2, 0.25) is 5.78 Å². The van der Waals surface area contributed by atoms with Gasteiger partial charge in [-0.05, 0) is 49.4 Å². The predicted molar refractivity (Wildman–Crippen MR) is 113 cm³/mol. The Morgan fingerprint density at radius 1 is 1.27 bits per heavy atom. The van der Waals surface area contributed by atoms with E-state index in [9.17, 15) is 19.8 Å². The fraction of sp³-hybridized carbons (Fsp3) is 0.364. The Labute approximate surface area is 179 Å². The smallest absolute Gasteiger partial charge is 0.290 e. The van der Waals surface area contributed by atoms with Crippen LogP contribution in [0.5, 0.6) is 11.5 Å². The standard InChI is InChI=1S/C22H25NO6S/c1-13(2)29-10-5-9-23-19(14-7-8-15(24)16(12-14)28-3)18(21(26)22(23)27)20(25)17-6-4-11-30-17/h4,6-8,11-13,19,24,26H,5,9-10H2,1-3H3/t19-/m0/s1. The number of hydrogen-bond donors (Lipinski definition) is 2. The van der Waals surface area contributed by atoms with Crippen LogP contribution in [-0.4, -0.2) is 53.2 Å². The van der Waals surface area contributed by atoms with Crippen LogP contribution >= 0.6 is 11.3 Å². The molecule has 2 N–H and O–H groups in total. The molecule has 0 aliphatic carbocycles. The van der Waals surface area contributed by atoms with Crippen LogP contribution in [0.1, 0.15) is 41.5 Å². The second-order valence-corrected chi connectivity index (χ2v) is 8.12. The molecule has 1 amide bonds. The molecule has 1 aliphatic rings. The van der Waals surface area contributed by atoms with E-state index in [1.165, 1.54) is 29.4 Å². The predicted octanol–water partition coefficient (Wildman–Crippen LogP) is 3.86. The summed E-state index contributed by atoms with van der Waals surface area (Å²) < 4.78 is 10.7. The van der Waals surface area contributed by atoms with Crippen molar-refractivity contribution in [1.82, 2.24) is 4.90 Å². The third-order valence-corrected chi connectivity index (χ3v) is 5.68. The first-order valence-corrected chi connectivity index (χ1v) is 10.5. The van der Waals surface area contributed by atoms with Gasteiger partial charge in [-0.2, -0.15) is 0 Å². The van der Waals surface area contributed by atoms with Gasteiger partial charge in [-0.1, -0.05) is 12.1 Å². The number of amides is 1. The van der Waals surface area contributed by atoms with Crippen molar-refractivity contribution in [2.75, 3.05) is 20.3 Å². The minimum atomic E-state index is -0.791. The maximum absolute atomic E-state index is 13.1. The molecule has 0 saturated carbocycles. The molecule has 2 heterocycles. The van der Waals surface area contributed by atoms with E-state index >= 15 is 0 Å². The molecular formula is C22H25NO6S. The number of thiophene rings is 1. The van der Waals surface area contributed by atoms with Crippen molar-refractivity contribution in [3.63, 3.8) is 0 Å². The number of methoxy groups -OCH3 is 1. The van der Waals surface area contributed by atoms with Crippen LogP contribution in [0, 0.1) is 0 Å². The van der Waals surface area contributed by atoms with Gasteiger partial charge in [0, 0.05) is 13.2 Å². The van der Waals surface area contributed by atoms with Crippen LogP contribution in [0.15, 0.2) is 47.0 Å². The third-order valence-electron chi connectivity index (χ3n) is 4.81. The highest BCUT2D eigenvalue weighted by molar-refractivity contribution is 7.12. The van der Waals surface area contributed by atoms with Crippen molar-refractivity contribution in [1.29, 1.82) is 0 Å². The molecule has 2 aromatic rings. The summed E-state index contributed by atoms with van der Waals surface area (Å²) in [7, 11) is 1.42. The summed E-state index contributed by atoms with van der Waals surface area (Å²) >= 11 is 1.25. The zero-order valence-electron chi connectivity index (χ0n) is 17.1.